The second-order valence-electron chi connectivity index (χ2n) is 8.61. The van der Waals surface area contributed by atoms with E-state index in [1.54, 1.807) is 18.4 Å². The minimum atomic E-state index is -3.49. The van der Waals surface area contributed by atoms with Crippen LogP contribution in [0, 0.1) is 0 Å². The molecule has 182 valence electrons. The third-order valence-corrected chi connectivity index (χ3v) is 9.57. The number of hydrogen-bond acceptors (Lipinski definition) is 8. The molecule has 0 saturated carbocycles. The van der Waals surface area contributed by atoms with Crippen molar-refractivity contribution in [3.05, 3.63) is 45.1 Å². The van der Waals surface area contributed by atoms with Gasteiger partial charge in [0.15, 0.2) is 0 Å². The van der Waals surface area contributed by atoms with Gasteiger partial charge in [-0.2, -0.15) is 4.31 Å². The van der Waals surface area contributed by atoms with Crippen molar-refractivity contribution in [1.29, 1.82) is 0 Å². The highest BCUT2D eigenvalue weighted by Crippen LogP contribution is 2.39. The Morgan fingerprint density at radius 3 is 2.76 bits per heavy atom. The molecule has 8 nitrogen and oxygen atoms in total. The van der Waals surface area contributed by atoms with E-state index in [4.69, 9.17) is 26.3 Å². The van der Waals surface area contributed by atoms with Crippen molar-refractivity contribution >= 4 is 49.0 Å². The summed E-state index contributed by atoms with van der Waals surface area (Å²) in [7, 11) is -1.90. The van der Waals surface area contributed by atoms with Crippen LogP contribution < -0.4 is 15.4 Å². The van der Waals surface area contributed by atoms with Crippen molar-refractivity contribution in [3.8, 4) is 5.75 Å². The summed E-state index contributed by atoms with van der Waals surface area (Å²) in [6.07, 6.45) is 4.36. The van der Waals surface area contributed by atoms with Crippen LogP contribution in [-0.4, -0.2) is 56.0 Å². The van der Waals surface area contributed by atoms with Gasteiger partial charge in [-0.05, 0) is 48.9 Å². The minimum absolute atomic E-state index is 0.200. The van der Waals surface area contributed by atoms with Crippen molar-refractivity contribution in [1.82, 2.24) is 19.6 Å². The van der Waals surface area contributed by atoms with E-state index in [-0.39, 0.29) is 5.75 Å². The van der Waals surface area contributed by atoms with E-state index >= 15 is 0 Å². The Bertz CT molecular complexity index is 1310. The third kappa shape index (κ3) is 4.87. The van der Waals surface area contributed by atoms with Gasteiger partial charge in [0, 0.05) is 37.6 Å². The Hall–Kier alpha value is -1.98. The number of halogens is 1. The van der Waals surface area contributed by atoms with E-state index in [0.717, 1.165) is 35.0 Å². The summed E-state index contributed by atoms with van der Waals surface area (Å²) in [5.74, 6) is 1.46. The summed E-state index contributed by atoms with van der Waals surface area (Å²) in [6, 6.07) is 5.66. The van der Waals surface area contributed by atoms with Gasteiger partial charge in [0.05, 0.1) is 17.5 Å². The first-order valence-electron chi connectivity index (χ1n) is 11.5. The molecular weight excluding hydrogens is 494 g/mol. The van der Waals surface area contributed by atoms with Crippen LogP contribution >= 0.6 is 22.9 Å². The number of nitrogens with zero attached hydrogens (tertiary/aromatic N) is 3. The lowest BCUT2D eigenvalue weighted by Crippen LogP contribution is -2.46. The number of piperazine rings is 1. The van der Waals surface area contributed by atoms with E-state index in [1.807, 2.05) is 18.2 Å². The predicted octanol–water partition coefficient (Wildman–Crippen LogP) is 3.58. The normalized spacial score (nSPS) is 17.0. The number of methoxy groups -OCH3 is 1. The Morgan fingerprint density at radius 2 is 2.00 bits per heavy atom. The van der Waals surface area contributed by atoms with Crippen LogP contribution in [0.2, 0.25) is 5.02 Å². The first kappa shape index (κ1) is 23.7. The molecule has 0 atom stereocenters. The average molecular weight is 522 g/mol. The molecule has 0 spiro atoms. The lowest BCUT2D eigenvalue weighted by Gasteiger charge is -2.26. The van der Waals surface area contributed by atoms with Crippen molar-refractivity contribution in [2.75, 3.05) is 38.6 Å². The van der Waals surface area contributed by atoms with Gasteiger partial charge < -0.3 is 15.4 Å². The first-order valence-corrected chi connectivity index (χ1v) is 14.3. The molecule has 34 heavy (non-hydrogen) atoms. The molecule has 0 unspecified atom stereocenters. The molecule has 1 aliphatic carbocycles. The number of ether oxygens (including phenoxy) is 1. The number of nitrogens with one attached hydrogen (secondary N) is 2. The molecule has 1 saturated heterocycles. The van der Waals surface area contributed by atoms with Gasteiger partial charge >= 0.3 is 0 Å². The third-order valence-electron chi connectivity index (χ3n) is 6.32. The summed E-state index contributed by atoms with van der Waals surface area (Å²) in [5, 5.41) is 8.22. The number of benzene rings is 1. The van der Waals surface area contributed by atoms with Crippen molar-refractivity contribution in [3.63, 3.8) is 0 Å². The molecule has 3 heterocycles. The standard InChI is InChI=1S/C23H28ClN5O3S2/c1-32-18-7-6-15(12-17(18)24)13-26-22-21-16-4-2-3-5-19(16)33-23(21)28-20(27-22)14-34(30,31)29-10-8-25-9-11-29/h6-7,12,25H,2-5,8-11,13-14H2,1H3,(H,26,27,28). The topological polar surface area (TPSA) is 96.4 Å². The minimum Gasteiger partial charge on any atom is -0.495 e. The number of hydrogen-bond donors (Lipinski definition) is 2. The molecule has 0 radical (unpaired) electrons. The zero-order valence-corrected chi connectivity index (χ0v) is 21.5. The van der Waals surface area contributed by atoms with Crippen molar-refractivity contribution in [2.45, 2.75) is 38.0 Å². The maximum Gasteiger partial charge on any atom is 0.221 e. The average Bonchev–Trinajstić information content (AvgIpc) is 3.21. The van der Waals surface area contributed by atoms with E-state index < -0.39 is 10.0 Å². The van der Waals surface area contributed by atoms with Crippen molar-refractivity contribution in [2.24, 2.45) is 0 Å². The predicted molar refractivity (Wildman–Crippen MR) is 136 cm³/mol. The fourth-order valence-corrected chi connectivity index (χ4v) is 7.51. The van der Waals surface area contributed by atoms with Gasteiger partial charge in [-0.25, -0.2) is 18.4 Å². The van der Waals surface area contributed by atoms with Crippen LogP contribution in [0.25, 0.3) is 10.2 Å². The number of sulfonamides is 1. The molecule has 1 aliphatic heterocycles. The molecule has 2 aliphatic rings. The van der Waals surface area contributed by atoms with Gasteiger partial charge in [0.2, 0.25) is 10.0 Å². The first-order chi connectivity index (χ1) is 16.4. The highest BCUT2D eigenvalue weighted by Gasteiger charge is 2.27. The highest BCUT2D eigenvalue weighted by molar-refractivity contribution is 7.88. The largest absolute Gasteiger partial charge is 0.495 e. The van der Waals surface area contributed by atoms with Crippen LogP contribution in [0.1, 0.15) is 34.7 Å². The lowest BCUT2D eigenvalue weighted by atomic mass is 9.97. The fraction of sp³-hybridized carbons (Fsp3) is 0.478. The van der Waals surface area contributed by atoms with Crippen LogP contribution in [-0.2, 0) is 35.2 Å². The number of anilines is 1. The Morgan fingerprint density at radius 1 is 1.21 bits per heavy atom. The highest BCUT2D eigenvalue weighted by atomic mass is 35.5. The molecule has 11 heteroatoms. The molecule has 0 bridgehead atoms. The van der Waals surface area contributed by atoms with Crippen LogP contribution in [0.3, 0.4) is 0 Å². The second-order valence-corrected chi connectivity index (χ2v) is 12.1. The van der Waals surface area contributed by atoms with Crippen LogP contribution in [0.5, 0.6) is 5.75 Å². The van der Waals surface area contributed by atoms with E-state index in [2.05, 4.69) is 10.6 Å². The summed E-state index contributed by atoms with van der Waals surface area (Å²) in [5.41, 5.74) is 2.29. The molecule has 1 aromatic carbocycles. The molecular formula is C23H28ClN5O3S2. The zero-order valence-electron chi connectivity index (χ0n) is 19.1. The van der Waals surface area contributed by atoms with Gasteiger partial charge in [-0.15, -0.1) is 11.3 Å². The molecule has 2 aromatic heterocycles. The monoisotopic (exact) mass is 521 g/mol. The number of aromatic nitrogens is 2. The summed E-state index contributed by atoms with van der Waals surface area (Å²) in [6.45, 7) is 2.77. The molecule has 3 aromatic rings. The van der Waals surface area contributed by atoms with E-state index in [9.17, 15) is 8.42 Å². The van der Waals surface area contributed by atoms with Gasteiger partial charge in [-0.3, -0.25) is 0 Å². The fourth-order valence-electron chi connectivity index (χ4n) is 4.58. The number of fused-ring (bicyclic) bond motifs is 3. The molecule has 0 amide bonds. The van der Waals surface area contributed by atoms with E-state index in [0.29, 0.717) is 55.1 Å². The van der Waals surface area contributed by atoms with Gasteiger partial charge in [0.1, 0.15) is 28.0 Å². The summed E-state index contributed by atoms with van der Waals surface area (Å²) >= 11 is 7.97. The summed E-state index contributed by atoms with van der Waals surface area (Å²) < 4.78 is 32.9. The molecule has 5 rings (SSSR count). The van der Waals surface area contributed by atoms with E-state index in [1.165, 1.54) is 21.2 Å². The zero-order chi connectivity index (χ0) is 23.7. The maximum atomic E-state index is 13.0. The Labute approximate surface area is 208 Å². The van der Waals surface area contributed by atoms with Gasteiger partial charge in [0.25, 0.3) is 0 Å². The van der Waals surface area contributed by atoms with Crippen LogP contribution in [0.15, 0.2) is 18.2 Å². The molecule has 1 fully saturated rings. The SMILES string of the molecule is COc1ccc(CNc2nc(CS(=O)(=O)N3CCNCC3)nc3sc4c(c23)CCCC4)cc1Cl. The maximum absolute atomic E-state index is 13.0. The Balaban J connectivity index is 1.48. The number of rotatable bonds is 7. The van der Waals surface area contributed by atoms with Gasteiger partial charge in [-0.1, -0.05) is 17.7 Å². The smallest absolute Gasteiger partial charge is 0.221 e. The second kappa shape index (κ2) is 9.94. The molecule has 2 N–H and O–H groups in total. The van der Waals surface area contributed by atoms with Crippen molar-refractivity contribution < 1.29 is 13.2 Å². The van der Waals surface area contributed by atoms with Crippen LogP contribution in [0.4, 0.5) is 5.82 Å². The quantitative estimate of drug-likeness (QED) is 0.490. The summed E-state index contributed by atoms with van der Waals surface area (Å²) in [4.78, 5) is 11.7. The number of thiophene rings is 1. The number of aryl methyl sites for hydroxylation is 2. The lowest BCUT2D eigenvalue weighted by molar-refractivity contribution is 0.359. The Kier molecular flexibility index (Phi) is 6.95.